The fourth-order valence-electron chi connectivity index (χ4n) is 1.77. The van der Waals surface area contributed by atoms with Crippen molar-refractivity contribution in [3.63, 3.8) is 0 Å². The van der Waals surface area contributed by atoms with Crippen LogP contribution in [0.2, 0.25) is 5.02 Å². The predicted molar refractivity (Wildman–Crippen MR) is 68.3 cm³/mol. The summed E-state index contributed by atoms with van der Waals surface area (Å²) in [5, 5.41) is 7.41. The van der Waals surface area contributed by atoms with Crippen LogP contribution in [0.15, 0.2) is 60.9 Å². The summed E-state index contributed by atoms with van der Waals surface area (Å²) in [6.45, 7) is 0. The number of halogens is 1. The van der Waals surface area contributed by atoms with E-state index in [4.69, 9.17) is 11.6 Å². The van der Waals surface area contributed by atoms with Crippen molar-refractivity contribution >= 4 is 22.4 Å². The van der Waals surface area contributed by atoms with E-state index in [-0.39, 0.29) is 0 Å². The van der Waals surface area contributed by atoms with E-state index < -0.39 is 0 Å². The number of aromatic nitrogens is 2. The molecule has 3 rings (SSSR count). The standard InChI is InChI=1S/C14H10ClN2/c15-13-5-7-14(8-6-13)17-10-12-4-2-1-3-11(12)9-16-17/h1-10H/q+1. The monoisotopic (exact) mass is 241 g/mol. The minimum Gasteiger partial charge on any atom is -0.0843 e. The molecule has 0 radical (unpaired) electrons. The first-order valence-electron chi connectivity index (χ1n) is 5.36. The Morgan fingerprint density at radius 1 is 0.882 bits per heavy atom. The summed E-state index contributed by atoms with van der Waals surface area (Å²) in [5.74, 6) is 0. The molecule has 3 heteroatoms. The lowest BCUT2D eigenvalue weighted by molar-refractivity contribution is -0.658. The minimum absolute atomic E-state index is 0.732. The third kappa shape index (κ3) is 1.99. The average Bonchev–Trinajstić information content (AvgIpc) is 2.39. The molecule has 0 spiro atoms. The van der Waals surface area contributed by atoms with E-state index in [9.17, 15) is 0 Å². The number of nitrogens with zero attached hydrogens (tertiary/aromatic N) is 2. The SMILES string of the molecule is Clc1ccc(-[n+]2cc3ccccc3cn2)cc1. The number of rotatable bonds is 1. The van der Waals surface area contributed by atoms with Crippen molar-refractivity contribution in [1.29, 1.82) is 0 Å². The Labute approximate surface area is 104 Å². The molecule has 0 atom stereocenters. The third-order valence-corrected chi connectivity index (χ3v) is 2.92. The molecule has 3 aromatic rings. The Balaban J connectivity index is 2.14. The Kier molecular flexibility index (Phi) is 2.50. The first-order chi connectivity index (χ1) is 8.33. The number of benzene rings is 2. The van der Waals surface area contributed by atoms with Crippen LogP contribution in [-0.2, 0) is 0 Å². The Morgan fingerprint density at radius 3 is 2.35 bits per heavy atom. The van der Waals surface area contributed by atoms with Crippen LogP contribution in [0.3, 0.4) is 0 Å². The minimum atomic E-state index is 0.732. The maximum Gasteiger partial charge on any atom is 0.238 e. The highest BCUT2D eigenvalue weighted by Crippen LogP contribution is 2.11. The molecule has 0 amide bonds. The molecule has 0 aliphatic carbocycles. The largest absolute Gasteiger partial charge is 0.238 e. The van der Waals surface area contributed by atoms with Gasteiger partial charge in [0.15, 0.2) is 0 Å². The van der Waals surface area contributed by atoms with Gasteiger partial charge in [-0.2, -0.15) is 0 Å². The van der Waals surface area contributed by atoms with E-state index in [1.54, 1.807) is 0 Å². The summed E-state index contributed by atoms with van der Waals surface area (Å²) in [6.07, 6.45) is 3.88. The lowest BCUT2D eigenvalue weighted by atomic mass is 10.2. The topological polar surface area (TPSA) is 16.8 Å². The van der Waals surface area contributed by atoms with Gasteiger partial charge in [-0.3, -0.25) is 0 Å². The quantitative estimate of drug-likeness (QED) is 0.598. The van der Waals surface area contributed by atoms with Crippen molar-refractivity contribution in [3.05, 3.63) is 65.9 Å². The van der Waals surface area contributed by atoms with Crippen molar-refractivity contribution in [2.45, 2.75) is 0 Å². The summed E-state index contributed by atoms with van der Waals surface area (Å²) in [4.78, 5) is 0. The second kappa shape index (κ2) is 4.15. The molecule has 82 valence electrons. The Morgan fingerprint density at radius 2 is 1.59 bits per heavy atom. The molecule has 0 fully saturated rings. The van der Waals surface area contributed by atoms with Crippen LogP contribution in [0, 0.1) is 0 Å². The highest BCUT2D eigenvalue weighted by atomic mass is 35.5. The predicted octanol–water partition coefficient (Wildman–Crippen LogP) is 3.16. The van der Waals surface area contributed by atoms with Crippen LogP contribution in [-0.4, -0.2) is 5.10 Å². The van der Waals surface area contributed by atoms with Gasteiger partial charge in [-0.25, -0.2) is 0 Å². The molecule has 2 aromatic carbocycles. The third-order valence-electron chi connectivity index (χ3n) is 2.67. The van der Waals surface area contributed by atoms with Gasteiger partial charge in [-0.1, -0.05) is 34.5 Å². The molecule has 0 saturated heterocycles. The van der Waals surface area contributed by atoms with E-state index in [0.29, 0.717) is 0 Å². The van der Waals surface area contributed by atoms with E-state index in [2.05, 4.69) is 17.2 Å². The van der Waals surface area contributed by atoms with Gasteiger partial charge in [0.05, 0.1) is 5.39 Å². The number of hydrogen-bond acceptors (Lipinski definition) is 1. The first kappa shape index (κ1) is 10.2. The molecular formula is C14H10ClN2+. The molecule has 2 nitrogen and oxygen atoms in total. The average molecular weight is 242 g/mol. The number of fused-ring (bicyclic) bond motifs is 1. The van der Waals surface area contributed by atoms with E-state index in [1.807, 2.05) is 53.5 Å². The van der Waals surface area contributed by atoms with Crippen molar-refractivity contribution in [3.8, 4) is 5.69 Å². The van der Waals surface area contributed by atoms with E-state index in [1.165, 1.54) is 0 Å². The fourth-order valence-corrected chi connectivity index (χ4v) is 1.90. The lowest BCUT2D eigenvalue weighted by Gasteiger charge is -1.96. The van der Waals surface area contributed by atoms with Crippen molar-refractivity contribution < 1.29 is 4.68 Å². The van der Waals surface area contributed by atoms with Gasteiger partial charge in [0.25, 0.3) is 0 Å². The summed E-state index contributed by atoms with van der Waals surface area (Å²) >= 11 is 5.86. The maximum absolute atomic E-state index is 5.86. The zero-order valence-corrected chi connectivity index (χ0v) is 9.80. The van der Waals surface area contributed by atoms with Crippen molar-refractivity contribution in [1.82, 2.24) is 5.10 Å². The summed E-state index contributed by atoms with van der Waals surface area (Å²) in [7, 11) is 0. The van der Waals surface area contributed by atoms with Crippen LogP contribution in [0.4, 0.5) is 0 Å². The fraction of sp³-hybridized carbons (Fsp3) is 0. The van der Waals surface area contributed by atoms with Crippen molar-refractivity contribution in [2.75, 3.05) is 0 Å². The molecule has 0 unspecified atom stereocenters. The second-order valence-corrected chi connectivity index (χ2v) is 4.26. The van der Waals surface area contributed by atoms with Gasteiger partial charge in [-0.05, 0) is 23.3 Å². The van der Waals surface area contributed by atoms with Crippen LogP contribution in [0.5, 0.6) is 0 Å². The van der Waals surface area contributed by atoms with E-state index >= 15 is 0 Å². The highest BCUT2D eigenvalue weighted by Gasteiger charge is 2.08. The molecule has 17 heavy (non-hydrogen) atoms. The lowest BCUT2D eigenvalue weighted by Crippen LogP contribution is -2.34. The Hall–Kier alpha value is -1.93. The van der Waals surface area contributed by atoms with Crippen LogP contribution in [0.25, 0.3) is 16.5 Å². The molecule has 1 heterocycles. The summed E-state index contributed by atoms with van der Waals surface area (Å²) < 4.78 is 1.85. The zero-order valence-electron chi connectivity index (χ0n) is 9.05. The molecule has 0 aliphatic rings. The van der Waals surface area contributed by atoms with Gasteiger partial charge in [0, 0.05) is 22.5 Å². The molecule has 0 saturated carbocycles. The zero-order chi connectivity index (χ0) is 11.7. The van der Waals surface area contributed by atoms with Gasteiger partial charge < -0.3 is 0 Å². The smallest absolute Gasteiger partial charge is 0.0843 e. The number of hydrogen-bond donors (Lipinski definition) is 0. The van der Waals surface area contributed by atoms with Gasteiger partial charge >= 0.3 is 0 Å². The van der Waals surface area contributed by atoms with Gasteiger partial charge in [0.2, 0.25) is 11.9 Å². The summed E-state index contributed by atoms with van der Waals surface area (Å²) in [5.41, 5.74) is 1.00. The molecule has 0 N–H and O–H groups in total. The van der Waals surface area contributed by atoms with E-state index in [0.717, 1.165) is 21.5 Å². The molecular weight excluding hydrogens is 232 g/mol. The molecule has 0 bridgehead atoms. The second-order valence-electron chi connectivity index (χ2n) is 3.82. The highest BCUT2D eigenvalue weighted by molar-refractivity contribution is 6.30. The normalized spacial score (nSPS) is 10.6. The maximum atomic E-state index is 5.86. The van der Waals surface area contributed by atoms with Crippen LogP contribution < -0.4 is 4.68 Å². The summed E-state index contributed by atoms with van der Waals surface area (Å²) in [6, 6.07) is 15.8. The Bertz CT molecular complexity index is 662. The van der Waals surface area contributed by atoms with Crippen LogP contribution >= 0.6 is 11.6 Å². The van der Waals surface area contributed by atoms with Gasteiger partial charge in [-0.15, -0.1) is 0 Å². The van der Waals surface area contributed by atoms with Gasteiger partial charge in [0.1, 0.15) is 6.20 Å². The first-order valence-corrected chi connectivity index (χ1v) is 5.73. The molecule has 1 aromatic heterocycles. The van der Waals surface area contributed by atoms with Crippen LogP contribution in [0.1, 0.15) is 0 Å². The van der Waals surface area contributed by atoms with Crippen molar-refractivity contribution in [2.24, 2.45) is 0 Å². The molecule has 0 aliphatic heterocycles.